The molecule has 2 atom stereocenters. The van der Waals surface area contributed by atoms with Crippen LogP contribution in [0, 0.1) is 0 Å². The normalized spacial score (nSPS) is 24.6. The standard InChI is InChI=1S/C7H18O2Si.C6H10O3/c1-5-6-7-10(4,8-2)9-3;1(5-3-8-5)7-2-6-4-9-6/h5-7H2,1-4H3;5-6H,1-4H2. The molecule has 0 radical (unpaired) electrons. The second kappa shape index (κ2) is 9.04. The SMILES string of the molecule is C(OCC1CO1)C1CO1.CCCC[Si](C)(OC)OC. The second-order valence-electron chi connectivity index (χ2n) is 5.09. The second-order valence-corrected chi connectivity index (χ2v) is 8.68. The van der Waals surface area contributed by atoms with E-state index in [0.717, 1.165) is 32.5 Å². The third-order valence-electron chi connectivity index (χ3n) is 3.26. The number of rotatable bonds is 9. The van der Waals surface area contributed by atoms with Gasteiger partial charge in [-0.25, -0.2) is 0 Å². The van der Waals surface area contributed by atoms with Gasteiger partial charge >= 0.3 is 8.56 Å². The number of hydrogen-bond donors (Lipinski definition) is 0. The lowest BCUT2D eigenvalue weighted by atomic mass is 10.4. The summed E-state index contributed by atoms with van der Waals surface area (Å²) in [5, 5.41) is 0. The first kappa shape index (κ1) is 17.1. The summed E-state index contributed by atoms with van der Waals surface area (Å²) in [7, 11) is 1.76. The quantitative estimate of drug-likeness (QED) is 0.480. The van der Waals surface area contributed by atoms with E-state index in [0.29, 0.717) is 12.2 Å². The van der Waals surface area contributed by atoms with E-state index in [2.05, 4.69) is 13.5 Å². The van der Waals surface area contributed by atoms with Crippen molar-refractivity contribution in [1.82, 2.24) is 0 Å². The summed E-state index contributed by atoms with van der Waals surface area (Å²) in [5.41, 5.74) is 0. The van der Waals surface area contributed by atoms with Crippen molar-refractivity contribution >= 4 is 8.56 Å². The zero-order chi connectivity index (χ0) is 14.1. The van der Waals surface area contributed by atoms with Crippen LogP contribution in [0.15, 0.2) is 0 Å². The Balaban J connectivity index is 0.000000190. The monoisotopic (exact) mass is 292 g/mol. The maximum absolute atomic E-state index is 5.31. The molecule has 0 aliphatic carbocycles. The average Bonchev–Trinajstić information content (AvgIpc) is 3.31. The van der Waals surface area contributed by atoms with Crippen LogP contribution in [0.5, 0.6) is 0 Å². The molecule has 0 bridgehead atoms. The van der Waals surface area contributed by atoms with E-state index in [1.54, 1.807) is 14.2 Å². The topological polar surface area (TPSA) is 52.8 Å². The highest BCUT2D eigenvalue weighted by Gasteiger charge is 2.27. The molecule has 2 aliphatic rings. The van der Waals surface area contributed by atoms with Gasteiger partial charge in [-0.1, -0.05) is 19.8 Å². The molecule has 0 spiro atoms. The summed E-state index contributed by atoms with van der Waals surface area (Å²) in [6.07, 6.45) is 3.21. The predicted octanol–water partition coefficient (Wildman–Crippen LogP) is 1.95. The third-order valence-corrected chi connectivity index (χ3v) is 6.25. The molecule has 2 heterocycles. The van der Waals surface area contributed by atoms with Crippen LogP contribution < -0.4 is 0 Å². The van der Waals surface area contributed by atoms with Crippen LogP contribution in [0.3, 0.4) is 0 Å². The molecule has 0 saturated carbocycles. The highest BCUT2D eigenvalue weighted by Crippen LogP contribution is 2.14. The highest BCUT2D eigenvalue weighted by atomic mass is 28.4. The summed E-state index contributed by atoms with van der Waals surface area (Å²) in [6, 6.07) is 1.11. The zero-order valence-electron chi connectivity index (χ0n) is 12.6. The molecule has 5 nitrogen and oxygen atoms in total. The van der Waals surface area contributed by atoms with Crippen molar-refractivity contribution < 1.29 is 23.1 Å². The summed E-state index contributed by atoms with van der Waals surface area (Å²) < 4.78 is 25.7. The number of unbranched alkanes of at least 4 members (excludes halogenated alkanes) is 1. The molecule has 2 rings (SSSR count). The average molecular weight is 292 g/mol. The molecule has 0 aromatic rings. The highest BCUT2D eigenvalue weighted by molar-refractivity contribution is 6.65. The van der Waals surface area contributed by atoms with Crippen molar-refractivity contribution in [3.8, 4) is 0 Å². The van der Waals surface area contributed by atoms with Crippen LogP contribution in [0.25, 0.3) is 0 Å². The van der Waals surface area contributed by atoms with Crippen molar-refractivity contribution in [2.75, 3.05) is 40.6 Å². The lowest BCUT2D eigenvalue weighted by Gasteiger charge is -2.21. The fourth-order valence-corrected chi connectivity index (χ4v) is 3.02. The van der Waals surface area contributed by atoms with Crippen molar-refractivity contribution in [1.29, 1.82) is 0 Å². The van der Waals surface area contributed by atoms with E-state index in [-0.39, 0.29) is 0 Å². The first-order valence-corrected chi connectivity index (χ1v) is 9.57. The number of hydrogen-bond acceptors (Lipinski definition) is 5. The van der Waals surface area contributed by atoms with Gasteiger partial charge in [0, 0.05) is 14.2 Å². The van der Waals surface area contributed by atoms with E-state index >= 15 is 0 Å². The van der Waals surface area contributed by atoms with Gasteiger partial charge in [0.15, 0.2) is 0 Å². The van der Waals surface area contributed by atoms with Crippen molar-refractivity contribution in [3.05, 3.63) is 0 Å². The van der Waals surface area contributed by atoms with Gasteiger partial charge in [-0.15, -0.1) is 0 Å². The molecule has 0 N–H and O–H groups in total. The minimum atomic E-state index is -1.72. The Morgan fingerprint density at radius 1 is 1.05 bits per heavy atom. The van der Waals surface area contributed by atoms with Crippen molar-refractivity contribution in [2.45, 2.75) is 44.6 Å². The maximum atomic E-state index is 5.31. The molecule has 0 amide bonds. The molecule has 114 valence electrons. The van der Waals surface area contributed by atoms with Crippen LogP contribution in [-0.2, 0) is 23.1 Å². The summed E-state index contributed by atoms with van der Waals surface area (Å²) in [4.78, 5) is 0. The molecule has 0 aromatic heterocycles. The smallest absolute Gasteiger partial charge is 0.334 e. The number of epoxide rings is 2. The van der Waals surface area contributed by atoms with Gasteiger partial charge < -0.3 is 23.1 Å². The van der Waals surface area contributed by atoms with Crippen molar-refractivity contribution in [3.63, 3.8) is 0 Å². The van der Waals surface area contributed by atoms with Crippen LogP contribution in [0.4, 0.5) is 0 Å². The van der Waals surface area contributed by atoms with Gasteiger partial charge in [-0.3, -0.25) is 0 Å². The van der Waals surface area contributed by atoms with Crippen LogP contribution in [0.1, 0.15) is 19.8 Å². The largest absolute Gasteiger partial charge is 0.398 e. The molecular formula is C13H28O5Si. The molecule has 6 heteroatoms. The third kappa shape index (κ3) is 8.72. The van der Waals surface area contributed by atoms with Crippen LogP contribution in [0.2, 0.25) is 12.6 Å². The molecule has 2 aliphatic heterocycles. The van der Waals surface area contributed by atoms with Gasteiger partial charge in [0.1, 0.15) is 12.2 Å². The Bertz CT molecular complexity index is 215. The van der Waals surface area contributed by atoms with Gasteiger partial charge in [0.05, 0.1) is 26.4 Å². The predicted molar refractivity (Wildman–Crippen MR) is 75.7 cm³/mol. The van der Waals surface area contributed by atoms with Crippen LogP contribution >= 0.6 is 0 Å². The minimum absolute atomic E-state index is 0.392. The lowest BCUT2D eigenvalue weighted by molar-refractivity contribution is 0.102. The molecule has 2 fully saturated rings. The number of ether oxygens (including phenoxy) is 3. The Hall–Kier alpha value is 0.0169. The van der Waals surface area contributed by atoms with Gasteiger partial charge in [-0.05, 0) is 12.6 Å². The zero-order valence-corrected chi connectivity index (χ0v) is 13.6. The summed E-state index contributed by atoms with van der Waals surface area (Å²) >= 11 is 0. The Kier molecular flexibility index (Phi) is 8.13. The first-order chi connectivity index (χ1) is 9.13. The summed E-state index contributed by atoms with van der Waals surface area (Å²) in [5.74, 6) is 0. The molecule has 19 heavy (non-hydrogen) atoms. The van der Waals surface area contributed by atoms with Crippen molar-refractivity contribution in [2.24, 2.45) is 0 Å². The van der Waals surface area contributed by atoms with E-state index in [1.165, 1.54) is 12.8 Å². The fourth-order valence-electron chi connectivity index (χ4n) is 1.44. The molecule has 0 aromatic carbocycles. The fraction of sp³-hybridized carbons (Fsp3) is 1.00. The Labute approximate surface area is 117 Å². The molecular weight excluding hydrogens is 264 g/mol. The minimum Gasteiger partial charge on any atom is -0.398 e. The van der Waals surface area contributed by atoms with E-state index in [1.807, 2.05) is 0 Å². The Morgan fingerprint density at radius 3 is 1.84 bits per heavy atom. The van der Waals surface area contributed by atoms with Gasteiger partial charge in [0.2, 0.25) is 0 Å². The van der Waals surface area contributed by atoms with E-state index in [4.69, 9.17) is 23.1 Å². The van der Waals surface area contributed by atoms with E-state index in [9.17, 15) is 0 Å². The first-order valence-electron chi connectivity index (χ1n) is 7.04. The molecule has 2 unspecified atom stereocenters. The maximum Gasteiger partial charge on any atom is 0.334 e. The van der Waals surface area contributed by atoms with Gasteiger partial charge in [-0.2, -0.15) is 0 Å². The lowest BCUT2D eigenvalue weighted by Crippen LogP contribution is -2.35. The van der Waals surface area contributed by atoms with E-state index < -0.39 is 8.56 Å². The summed E-state index contributed by atoms with van der Waals surface area (Å²) in [6.45, 7) is 7.54. The van der Waals surface area contributed by atoms with Gasteiger partial charge in [0.25, 0.3) is 0 Å². The van der Waals surface area contributed by atoms with Crippen LogP contribution in [-0.4, -0.2) is 61.4 Å². The molecule has 2 saturated heterocycles. The Morgan fingerprint density at radius 2 is 1.53 bits per heavy atom.